The van der Waals surface area contributed by atoms with Crippen LogP contribution >= 0.6 is 11.3 Å². The third-order valence-corrected chi connectivity index (χ3v) is 3.01. The number of ether oxygens (including phenoxy) is 1. The Morgan fingerprint density at radius 3 is 3.12 bits per heavy atom. The lowest BCUT2D eigenvalue weighted by atomic mass is 10.3. The summed E-state index contributed by atoms with van der Waals surface area (Å²) in [7, 11) is 1.88. The topological polar surface area (TPSA) is 34.2 Å². The van der Waals surface area contributed by atoms with Crippen LogP contribution in [0.1, 0.15) is 10.7 Å². The number of nitrogens with one attached hydrogen (secondary N) is 1. The van der Waals surface area contributed by atoms with Gasteiger partial charge in [0, 0.05) is 18.0 Å². The molecule has 1 N–H and O–H groups in total. The zero-order valence-electron chi connectivity index (χ0n) is 9.44. The lowest BCUT2D eigenvalue weighted by molar-refractivity contribution is 0.300. The Balaban J connectivity index is 1.93. The average molecular weight is 252 g/mol. The standard InChI is InChI=1S/C12H13FN2OS/c1-14-6-12-15-10(8-17-12)7-16-11-4-2-3-9(13)5-11/h2-5,8,14H,6-7H2,1H3. The lowest BCUT2D eigenvalue weighted by Crippen LogP contribution is -2.05. The highest BCUT2D eigenvalue weighted by Crippen LogP contribution is 2.15. The van der Waals surface area contributed by atoms with E-state index in [1.807, 2.05) is 12.4 Å². The fraction of sp³-hybridized carbons (Fsp3) is 0.250. The summed E-state index contributed by atoms with van der Waals surface area (Å²) in [6, 6.07) is 6.10. The molecule has 0 aliphatic heterocycles. The largest absolute Gasteiger partial charge is 0.487 e. The highest BCUT2D eigenvalue weighted by Gasteiger charge is 2.02. The van der Waals surface area contributed by atoms with Crippen LogP contribution in [0.2, 0.25) is 0 Å². The molecule has 3 nitrogen and oxygen atoms in total. The number of rotatable bonds is 5. The third-order valence-electron chi connectivity index (χ3n) is 2.11. The van der Waals surface area contributed by atoms with E-state index in [2.05, 4.69) is 10.3 Å². The molecule has 0 atom stereocenters. The van der Waals surface area contributed by atoms with Crippen molar-refractivity contribution < 1.29 is 9.13 Å². The molecule has 1 heterocycles. The van der Waals surface area contributed by atoms with E-state index in [1.54, 1.807) is 23.5 Å². The number of hydrogen-bond acceptors (Lipinski definition) is 4. The van der Waals surface area contributed by atoms with Gasteiger partial charge in [-0.25, -0.2) is 9.37 Å². The van der Waals surface area contributed by atoms with Crippen molar-refractivity contribution in [2.75, 3.05) is 7.05 Å². The fourth-order valence-electron chi connectivity index (χ4n) is 1.36. The van der Waals surface area contributed by atoms with Crippen LogP contribution in [0.3, 0.4) is 0 Å². The molecule has 0 aliphatic carbocycles. The van der Waals surface area contributed by atoms with Gasteiger partial charge in [0.2, 0.25) is 0 Å². The Morgan fingerprint density at radius 2 is 2.35 bits per heavy atom. The van der Waals surface area contributed by atoms with E-state index in [-0.39, 0.29) is 5.82 Å². The highest BCUT2D eigenvalue weighted by atomic mass is 32.1. The molecular formula is C12H13FN2OS. The van der Waals surface area contributed by atoms with Crippen molar-refractivity contribution in [1.29, 1.82) is 0 Å². The molecule has 0 saturated carbocycles. The molecule has 0 spiro atoms. The van der Waals surface area contributed by atoms with E-state index in [9.17, 15) is 4.39 Å². The average Bonchev–Trinajstić information content (AvgIpc) is 2.75. The molecule has 0 amide bonds. The first-order chi connectivity index (χ1) is 8.28. The van der Waals surface area contributed by atoms with Crippen LogP contribution < -0.4 is 10.1 Å². The quantitative estimate of drug-likeness (QED) is 0.888. The van der Waals surface area contributed by atoms with Crippen LogP contribution in [-0.4, -0.2) is 12.0 Å². The number of nitrogens with zero attached hydrogens (tertiary/aromatic N) is 1. The van der Waals surface area contributed by atoms with Crippen molar-refractivity contribution in [2.45, 2.75) is 13.2 Å². The molecule has 0 fully saturated rings. The monoisotopic (exact) mass is 252 g/mol. The molecule has 2 aromatic rings. The number of halogens is 1. The summed E-state index contributed by atoms with van der Waals surface area (Å²) in [4.78, 5) is 4.37. The van der Waals surface area contributed by atoms with E-state index in [1.165, 1.54) is 12.1 Å². The molecular weight excluding hydrogens is 239 g/mol. The molecule has 0 radical (unpaired) electrons. The van der Waals surface area contributed by atoms with Crippen molar-refractivity contribution in [3.8, 4) is 5.75 Å². The predicted octanol–water partition coefficient (Wildman–Crippen LogP) is 2.58. The van der Waals surface area contributed by atoms with Crippen LogP contribution in [0.15, 0.2) is 29.6 Å². The van der Waals surface area contributed by atoms with Crippen LogP contribution in [0.25, 0.3) is 0 Å². The normalized spacial score (nSPS) is 10.5. The first-order valence-electron chi connectivity index (χ1n) is 5.24. The molecule has 90 valence electrons. The SMILES string of the molecule is CNCc1nc(COc2cccc(F)c2)cs1. The molecule has 1 aromatic carbocycles. The molecule has 0 unspecified atom stereocenters. The highest BCUT2D eigenvalue weighted by molar-refractivity contribution is 7.09. The minimum absolute atomic E-state index is 0.295. The number of aromatic nitrogens is 1. The maximum absolute atomic E-state index is 12.9. The number of hydrogen-bond donors (Lipinski definition) is 1. The van der Waals surface area contributed by atoms with Gasteiger partial charge in [-0.3, -0.25) is 0 Å². The smallest absolute Gasteiger partial charge is 0.131 e. The van der Waals surface area contributed by atoms with Gasteiger partial charge in [0.25, 0.3) is 0 Å². The van der Waals surface area contributed by atoms with Crippen molar-refractivity contribution in [2.24, 2.45) is 0 Å². The summed E-state index contributed by atoms with van der Waals surface area (Å²) >= 11 is 1.58. The maximum atomic E-state index is 12.9. The van der Waals surface area contributed by atoms with Gasteiger partial charge in [0.1, 0.15) is 23.2 Å². The van der Waals surface area contributed by atoms with Gasteiger partial charge in [-0.1, -0.05) is 6.07 Å². The zero-order chi connectivity index (χ0) is 12.1. The molecule has 1 aromatic heterocycles. The van der Waals surface area contributed by atoms with Gasteiger partial charge >= 0.3 is 0 Å². The Morgan fingerprint density at radius 1 is 1.47 bits per heavy atom. The van der Waals surface area contributed by atoms with Crippen LogP contribution in [0.4, 0.5) is 4.39 Å². The van der Waals surface area contributed by atoms with Gasteiger partial charge < -0.3 is 10.1 Å². The van der Waals surface area contributed by atoms with Gasteiger partial charge in [-0.2, -0.15) is 0 Å². The Kier molecular flexibility index (Phi) is 4.06. The molecule has 0 saturated heterocycles. The summed E-state index contributed by atoms with van der Waals surface area (Å²) in [5.41, 5.74) is 0.865. The van der Waals surface area contributed by atoms with Crippen molar-refractivity contribution >= 4 is 11.3 Å². The number of benzene rings is 1. The second kappa shape index (κ2) is 5.75. The summed E-state index contributed by atoms with van der Waals surface area (Å²) in [6.45, 7) is 1.12. The fourth-order valence-corrected chi connectivity index (χ4v) is 2.15. The molecule has 5 heteroatoms. The third kappa shape index (κ3) is 3.51. The van der Waals surface area contributed by atoms with E-state index in [4.69, 9.17) is 4.74 Å². The van der Waals surface area contributed by atoms with Crippen LogP contribution in [0, 0.1) is 5.82 Å². The van der Waals surface area contributed by atoms with Crippen LogP contribution in [-0.2, 0) is 13.2 Å². The Labute approximate surface area is 103 Å². The van der Waals surface area contributed by atoms with Gasteiger partial charge in [0.05, 0.1) is 5.69 Å². The molecule has 0 aliphatic rings. The first-order valence-corrected chi connectivity index (χ1v) is 6.12. The van der Waals surface area contributed by atoms with Gasteiger partial charge in [-0.15, -0.1) is 11.3 Å². The zero-order valence-corrected chi connectivity index (χ0v) is 10.3. The minimum atomic E-state index is -0.295. The summed E-state index contributed by atoms with van der Waals surface area (Å²) in [5.74, 6) is 0.227. The van der Waals surface area contributed by atoms with E-state index in [0.717, 1.165) is 17.2 Å². The lowest BCUT2D eigenvalue weighted by Gasteiger charge is -2.03. The number of thiazole rings is 1. The minimum Gasteiger partial charge on any atom is -0.487 e. The van der Waals surface area contributed by atoms with Crippen molar-refractivity contribution in [3.05, 3.63) is 46.2 Å². The summed E-state index contributed by atoms with van der Waals surface area (Å²) in [5, 5.41) is 6.01. The maximum Gasteiger partial charge on any atom is 0.131 e. The molecule has 2 rings (SSSR count). The predicted molar refractivity (Wildman–Crippen MR) is 65.6 cm³/mol. The Hall–Kier alpha value is -1.46. The first kappa shape index (κ1) is 12.0. The van der Waals surface area contributed by atoms with Crippen LogP contribution in [0.5, 0.6) is 5.75 Å². The van der Waals surface area contributed by atoms with E-state index < -0.39 is 0 Å². The summed E-state index contributed by atoms with van der Waals surface area (Å²) < 4.78 is 18.3. The summed E-state index contributed by atoms with van der Waals surface area (Å²) in [6.07, 6.45) is 0. The van der Waals surface area contributed by atoms with E-state index >= 15 is 0 Å². The van der Waals surface area contributed by atoms with Gasteiger partial charge in [0.15, 0.2) is 0 Å². The van der Waals surface area contributed by atoms with Crippen molar-refractivity contribution in [3.63, 3.8) is 0 Å². The molecule has 0 bridgehead atoms. The van der Waals surface area contributed by atoms with Gasteiger partial charge in [-0.05, 0) is 19.2 Å². The van der Waals surface area contributed by atoms with Crippen molar-refractivity contribution in [1.82, 2.24) is 10.3 Å². The van der Waals surface area contributed by atoms with E-state index in [0.29, 0.717) is 12.4 Å². The second-order valence-corrected chi connectivity index (χ2v) is 4.45. The molecule has 17 heavy (non-hydrogen) atoms. The second-order valence-electron chi connectivity index (χ2n) is 3.51. The Bertz CT molecular complexity index is 487.